The zero-order chi connectivity index (χ0) is 11.4. The molecule has 2 N–H and O–H groups in total. The SMILES string of the molecule is OCCN1C[C@H](CO)[C@H](c2ccccc2)C1. The van der Waals surface area contributed by atoms with Crippen LogP contribution in [0, 0.1) is 5.92 Å². The lowest BCUT2D eigenvalue weighted by molar-refractivity contribution is 0.195. The lowest BCUT2D eigenvalue weighted by Gasteiger charge is -2.16. The van der Waals surface area contributed by atoms with Gasteiger partial charge < -0.3 is 15.1 Å². The predicted octanol–water partition coefficient (Wildman–Crippen LogP) is 0.687. The maximum atomic E-state index is 9.39. The van der Waals surface area contributed by atoms with Crippen LogP contribution in [0.1, 0.15) is 11.5 Å². The molecule has 16 heavy (non-hydrogen) atoms. The molecular weight excluding hydrogens is 202 g/mol. The Morgan fingerprint density at radius 3 is 2.50 bits per heavy atom. The first-order valence-corrected chi connectivity index (χ1v) is 5.84. The minimum absolute atomic E-state index is 0.194. The molecule has 3 nitrogen and oxygen atoms in total. The van der Waals surface area contributed by atoms with Gasteiger partial charge in [-0.3, -0.25) is 0 Å². The molecule has 2 atom stereocenters. The van der Waals surface area contributed by atoms with Gasteiger partial charge in [-0.15, -0.1) is 0 Å². The largest absolute Gasteiger partial charge is 0.396 e. The number of rotatable bonds is 4. The summed E-state index contributed by atoms with van der Waals surface area (Å²) < 4.78 is 0. The summed E-state index contributed by atoms with van der Waals surface area (Å²) in [6, 6.07) is 10.3. The van der Waals surface area contributed by atoms with Gasteiger partial charge in [0.1, 0.15) is 0 Å². The summed E-state index contributed by atoms with van der Waals surface area (Å²) >= 11 is 0. The molecule has 0 aliphatic carbocycles. The van der Waals surface area contributed by atoms with E-state index in [1.807, 2.05) is 18.2 Å². The number of aliphatic hydroxyl groups excluding tert-OH is 2. The highest BCUT2D eigenvalue weighted by Gasteiger charge is 2.32. The highest BCUT2D eigenvalue weighted by Crippen LogP contribution is 2.31. The quantitative estimate of drug-likeness (QED) is 0.786. The van der Waals surface area contributed by atoms with Crippen LogP contribution in [0.15, 0.2) is 30.3 Å². The molecule has 0 saturated carbocycles. The number of likely N-dealkylation sites (tertiary alicyclic amines) is 1. The highest BCUT2D eigenvalue weighted by molar-refractivity contribution is 5.22. The number of hydrogen-bond acceptors (Lipinski definition) is 3. The Morgan fingerprint density at radius 2 is 1.88 bits per heavy atom. The van der Waals surface area contributed by atoms with E-state index < -0.39 is 0 Å². The monoisotopic (exact) mass is 221 g/mol. The second kappa shape index (κ2) is 5.43. The maximum Gasteiger partial charge on any atom is 0.0558 e. The lowest BCUT2D eigenvalue weighted by atomic mass is 9.90. The molecule has 0 spiro atoms. The summed E-state index contributed by atoms with van der Waals surface area (Å²) in [5.41, 5.74) is 1.29. The molecule has 1 aromatic carbocycles. The molecule has 1 fully saturated rings. The van der Waals surface area contributed by atoms with E-state index in [-0.39, 0.29) is 13.2 Å². The molecule has 1 aromatic rings. The van der Waals surface area contributed by atoms with Gasteiger partial charge in [-0.05, 0) is 5.56 Å². The van der Waals surface area contributed by atoms with Gasteiger partial charge in [0.2, 0.25) is 0 Å². The molecule has 2 rings (SSSR count). The minimum Gasteiger partial charge on any atom is -0.396 e. The molecule has 3 heteroatoms. The van der Waals surface area contributed by atoms with Gasteiger partial charge in [-0.25, -0.2) is 0 Å². The predicted molar refractivity (Wildman–Crippen MR) is 63.3 cm³/mol. The van der Waals surface area contributed by atoms with Crippen LogP contribution in [0.5, 0.6) is 0 Å². The van der Waals surface area contributed by atoms with Gasteiger partial charge in [-0.2, -0.15) is 0 Å². The fourth-order valence-corrected chi connectivity index (χ4v) is 2.55. The van der Waals surface area contributed by atoms with Gasteiger partial charge >= 0.3 is 0 Å². The van der Waals surface area contributed by atoms with E-state index >= 15 is 0 Å². The summed E-state index contributed by atoms with van der Waals surface area (Å²) in [6.45, 7) is 2.95. The summed E-state index contributed by atoms with van der Waals surface area (Å²) in [4.78, 5) is 2.22. The zero-order valence-corrected chi connectivity index (χ0v) is 9.42. The van der Waals surface area contributed by atoms with Crippen molar-refractivity contribution in [3.8, 4) is 0 Å². The second-order valence-electron chi connectivity index (χ2n) is 4.44. The first-order chi connectivity index (χ1) is 7.85. The normalized spacial score (nSPS) is 26.1. The van der Waals surface area contributed by atoms with Crippen molar-refractivity contribution < 1.29 is 10.2 Å². The molecule has 0 aromatic heterocycles. The van der Waals surface area contributed by atoms with Crippen LogP contribution in [0.3, 0.4) is 0 Å². The topological polar surface area (TPSA) is 43.7 Å². The Bertz CT molecular complexity index is 315. The van der Waals surface area contributed by atoms with Crippen molar-refractivity contribution in [2.45, 2.75) is 5.92 Å². The van der Waals surface area contributed by atoms with E-state index in [0.29, 0.717) is 18.4 Å². The molecule has 1 aliphatic heterocycles. The summed E-state index contributed by atoms with van der Waals surface area (Å²) in [7, 11) is 0. The van der Waals surface area contributed by atoms with Gasteiger partial charge in [0.05, 0.1) is 6.61 Å². The van der Waals surface area contributed by atoms with E-state index in [1.54, 1.807) is 0 Å². The highest BCUT2D eigenvalue weighted by atomic mass is 16.3. The van der Waals surface area contributed by atoms with Crippen LogP contribution in [0.25, 0.3) is 0 Å². The van der Waals surface area contributed by atoms with Crippen LogP contribution < -0.4 is 0 Å². The minimum atomic E-state index is 0.194. The van der Waals surface area contributed by atoms with Crippen molar-refractivity contribution in [1.29, 1.82) is 0 Å². The lowest BCUT2D eigenvalue weighted by Crippen LogP contribution is -2.24. The van der Waals surface area contributed by atoms with E-state index in [2.05, 4.69) is 17.0 Å². The molecule has 0 radical (unpaired) electrons. The van der Waals surface area contributed by atoms with Crippen molar-refractivity contribution in [3.05, 3.63) is 35.9 Å². The Balaban J connectivity index is 2.09. The van der Waals surface area contributed by atoms with Crippen molar-refractivity contribution in [2.24, 2.45) is 5.92 Å². The molecule has 0 amide bonds. The smallest absolute Gasteiger partial charge is 0.0558 e. The standard InChI is InChI=1S/C13H19NO2/c15-7-6-14-8-12(10-16)13(9-14)11-4-2-1-3-5-11/h1-5,12-13,15-16H,6-10H2/t12-,13+/m1/s1. The molecule has 1 heterocycles. The third-order valence-corrected chi connectivity index (χ3v) is 3.40. The number of β-amino-alcohol motifs (C(OH)–C–C–N with tert-alkyl or cyclic N) is 1. The van der Waals surface area contributed by atoms with E-state index in [4.69, 9.17) is 5.11 Å². The number of benzene rings is 1. The summed E-state index contributed by atoms with van der Waals surface area (Å²) in [5, 5.41) is 18.3. The van der Waals surface area contributed by atoms with Crippen LogP contribution in [0.4, 0.5) is 0 Å². The van der Waals surface area contributed by atoms with Crippen LogP contribution in [-0.2, 0) is 0 Å². The summed E-state index contributed by atoms with van der Waals surface area (Å²) in [6.07, 6.45) is 0. The van der Waals surface area contributed by atoms with E-state index in [1.165, 1.54) is 5.56 Å². The molecule has 0 bridgehead atoms. The average molecular weight is 221 g/mol. The van der Waals surface area contributed by atoms with Crippen molar-refractivity contribution >= 4 is 0 Å². The van der Waals surface area contributed by atoms with Crippen LogP contribution in [-0.4, -0.2) is 48.0 Å². The van der Waals surface area contributed by atoms with Gasteiger partial charge in [0.25, 0.3) is 0 Å². The molecule has 88 valence electrons. The fraction of sp³-hybridized carbons (Fsp3) is 0.538. The molecule has 1 aliphatic rings. The number of aliphatic hydroxyl groups is 2. The molecular formula is C13H19NO2. The third-order valence-electron chi connectivity index (χ3n) is 3.40. The van der Waals surface area contributed by atoms with Crippen molar-refractivity contribution in [3.63, 3.8) is 0 Å². The fourth-order valence-electron chi connectivity index (χ4n) is 2.55. The van der Waals surface area contributed by atoms with Crippen LogP contribution >= 0.6 is 0 Å². The Hall–Kier alpha value is -0.900. The average Bonchev–Trinajstić information content (AvgIpc) is 2.74. The first kappa shape index (κ1) is 11.6. The first-order valence-electron chi connectivity index (χ1n) is 5.84. The molecule has 1 saturated heterocycles. The zero-order valence-electron chi connectivity index (χ0n) is 9.42. The van der Waals surface area contributed by atoms with E-state index in [0.717, 1.165) is 13.1 Å². The van der Waals surface area contributed by atoms with Crippen molar-refractivity contribution in [2.75, 3.05) is 32.8 Å². The third kappa shape index (κ3) is 2.43. The maximum absolute atomic E-state index is 9.39. The van der Waals surface area contributed by atoms with Gasteiger partial charge in [0.15, 0.2) is 0 Å². The Kier molecular flexibility index (Phi) is 3.93. The van der Waals surface area contributed by atoms with Gasteiger partial charge in [-0.1, -0.05) is 30.3 Å². The second-order valence-corrected chi connectivity index (χ2v) is 4.44. The van der Waals surface area contributed by atoms with Crippen LogP contribution in [0.2, 0.25) is 0 Å². The number of nitrogens with zero attached hydrogens (tertiary/aromatic N) is 1. The van der Waals surface area contributed by atoms with E-state index in [9.17, 15) is 5.11 Å². The Morgan fingerprint density at radius 1 is 1.12 bits per heavy atom. The summed E-state index contributed by atoms with van der Waals surface area (Å²) in [5.74, 6) is 0.701. The van der Waals surface area contributed by atoms with Crippen molar-refractivity contribution in [1.82, 2.24) is 4.90 Å². The number of hydrogen-bond donors (Lipinski definition) is 2. The molecule has 0 unspecified atom stereocenters. The Labute approximate surface area is 96.3 Å². The van der Waals surface area contributed by atoms with Gasteiger partial charge in [0, 0.05) is 38.1 Å².